The summed E-state index contributed by atoms with van der Waals surface area (Å²) in [5.74, 6) is -4.56. The van der Waals surface area contributed by atoms with Gasteiger partial charge in [0, 0.05) is 13.0 Å². The normalized spacial score (nSPS) is 24.7. The number of nitrogens with one attached hydrogen (secondary N) is 4. The summed E-state index contributed by atoms with van der Waals surface area (Å²) in [6, 6.07) is -0.899. The zero-order chi connectivity index (χ0) is 38.9. The zero-order valence-corrected chi connectivity index (χ0v) is 30.5. The summed E-state index contributed by atoms with van der Waals surface area (Å²) in [6.07, 6.45) is 5.47. The molecule has 0 unspecified atom stereocenters. The summed E-state index contributed by atoms with van der Waals surface area (Å²) in [5.41, 5.74) is 12.3. The molecule has 10 N–H and O–H groups in total. The first-order valence-electron chi connectivity index (χ1n) is 18.1. The van der Waals surface area contributed by atoms with Gasteiger partial charge in [0.05, 0.1) is 26.4 Å². The van der Waals surface area contributed by atoms with Gasteiger partial charge in [-0.25, -0.2) is 4.79 Å². The highest BCUT2D eigenvalue weighted by atomic mass is 16.5. The maximum Gasteiger partial charge on any atom is 0.326 e. The van der Waals surface area contributed by atoms with Crippen molar-refractivity contribution >= 4 is 35.5 Å². The highest BCUT2D eigenvalue weighted by molar-refractivity contribution is 5.96. The van der Waals surface area contributed by atoms with Gasteiger partial charge in [-0.05, 0) is 68.7 Å². The summed E-state index contributed by atoms with van der Waals surface area (Å²) in [5, 5.41) is 30.2. The smallest absolute Gasteiger partial charge is 0.326 e. The highest BCUT2D eigenvalue weighted by Crippen LogP contribution is 2.21. The number of amides is 5. The summed E-state index contributed by atoms with van der Waals surface area (Å²) < 4.78 is 11.2. The van der Waals surface area contributed by atoms with Crippen LogP contribution in [0.1, 0.15) is 57.9 Å². The monoisotopic (exact) mass is 745 g/mol. The first kappa shape index (κ1) is 42.8. The molecule has 0 saturated carbocycles. The van der Waals surface area contributed by atoms with Crippen LogP contribution >= 0.6 is 0 Å². The molecule has 0 spiro atoms. The molecule has 294 valence electrons. The number of ether oxygens (including phenoxy) is 2. The third-order valence-electron chi connectivity index (χ3n) is 8.88. The van der Waals surface area contributed by atoms with E-state index < -0.39 is 71.8 Å². The van der Waals surface area contributed by atoms with Gasteiger partial charge in [-0.1, -0.05) is 38.1 Å². The Balaban J connectivity index is 1.96. The van der Waals surface area contributed by atoms with Gasteiger partial charge in [-0.3, -0.25) is 24.0 Å². The Labute approximate surface area is 309 Å². The number of nitrogens with zero attached hydrogens (tertiary/aromatic N) is 1. The van der Waals surface area contributed by atoms with Crippen molar-refractivity contribution in [3.63, 3.8) is 0 Å². The molecule has 17 nitrogen and oxygen atoms in total. The van der Waals surface area contributed by atoms with Gasteiger partial charge in [-0.2, -0.15) is 0 Å². The topological polar surface area (TPSA) is 265 Å². The Morgan fingerprint density at radius 1 is 0.943 bits per heavy atom. The minimum Gasteiger partial charge on any atom is -0.508 e. The molecule has 5 amide bonds. The lowest BCUT2D eigenvalue weighted by Crippen LogP contribution is -2.60. The van der Waals surface area contributed by atoms with Crippen LogP contribution in [-0.2, 0) is 44.7 Å². The van der Waals surface area contributed by atoms with Gasteiger partial charge in [0.25, 0.3) is 0 Å². The van der Waals surface area contributed by atoms with E-state index in [4.69, 9.17) is 20.9 Å². The molecular weight excluding hydrogens is 690 g/mol. The number of carbonyl (C=O) groups is 6. The van der Waals surface area contributed by atoms with Crippen LogP contribution in [0.5, 0.6) is 5.75 Å². The molecule has 1 fully saturated rings. The van der Waals surface area contributed by atoms with Crippen molar-refractivity contribution in [2.45, 2.75) is 95.0 Å². The summed E-state index contributed by atoms with van der Waals surface area (Å²) >= 11 is 0. The van der Waals surface area contributed by atoms with Crippen LogP contribution in [0.2, 0.25) is 0 Å². The second kappa shape index (κ2) is 21.8. The summed E-state index contributed by atoms with van der Waals surface area (Å²) in [7, 11) is 0. The lowest BCUT2D eigenvalue weighted by Gasteiger charge is -2.30. The van der Waals surface area contributed by atoms with Gasteiger partial charge >= 0.3 is 5.97 Å². The van der Waals surface area contributed by atoms with Crippen LogP contribution in [0, 0.1) is 5.92 Å². The van der Waals surface area contributed by atoms with Gasteiger partial charge in [0.2, 0.25) is 29.5 Å². The summed E-state index contributed by atoms with van der Waals surface area (Å²) in [4.78, 5) is 81.7. The van der Waals surface area contributed by atoms with Crippen molar-refractivity contribution in [2.24, 2.45) is 17.4 Å². The second-order valence-corrected chi connectivity index (χ2v) is 13.7. The lowest BCUT2D eigenvalue weighted by molar-refractivity contribution is -0.143. The van der Waals surface area contributed by atoms with Crippen molar-refractivity contribution < 1.29 is 48.5 Å². The Kier molecular flexibility index (Phi) is 17.6. The molecule has 0 radical (unpaired) electrons. The number of benzene rings is 1. The molecule has 0 aliphatic carbocycles. The number of hydrogen-bond donors (Lipinski definition) is 8. The van der Waals surface area contributed by atoms with Crippen molar-refractivity contribution in [2.75, 3.05) is 39.5 Å². The average Bonchev–Trinajstić information content (AvgIpc) is 3.61. The number of rotatable bonds is 11. The highest BCUT2D eigenvalue weighted by Gasteiger charge is 2.39. The Morgan fingerprint density at radius 2 is 1.60 bits per heavy atom. The maximum absolute atomic E-state index is 14.0. The van der Waals surface area contributed by atoms with E-state index in [2.05, 4.69) is 21.3 Å². The number of aromatic hydroxyl groups is 1. The average molecular weight is 746 g/mol. The number of carboxylic acid groups (broad SMARTS) is 1. The number of hydrogen-bond acceptors (Lipinski definition) is 11. The lowest BCUT2D eigenvalue weighted by atomic mass is 10.0. The first-order chi connectivity index (χ1) is 25.3. The van der Waals surface area contributed by atoms with Crippen LogP contribution in [0.4, 0.5) is 0 Å². The van der Waals surface area contributed by atoms with Gasteiger partial charge in [0.1, 0.15) is 42.0 Å². The standard InChI is InChI=1S/C36H55N7O10/c1-22(2)18-28(36(50)51)41-33(47)29-21-53-17-6-5-16-52-20-25(38)31(45)39-26(8-3-4-14-37)35(49)43-15-7-9-30(43)34(48)40-27(32(46)42-29)19-23-10-12-24(44)13-11-23/h5-6,10-13,22,25-30,44H,3-4,7-9,14-21,37-38H2,1-2H3,(H,39,45)(H,40,48)(H,41,47)(H,42,46)(H,50,51)/t25-,26-,27-,28-,29-,30-/m0/s1. The van der Waals surface area contributed by atoms with E-state index in [1.54, 1.807) is 24.3 Å². The van der Waals surface area contributed by atoms with E-state index in [0.717, 1.165) is 0 Å². The van der Waals surface area contributed by atoms with Gasteiger partial charge in [-0.15, -0.1) is 0 Å². The van der Waals surface area contributed by atoms with E-state index in [9.17, 15) is 39.0 Å². The SMILES string of the molecule is CC(C)C[C@H](NC(=O)[C@@H]1COCC=CCOC[C@H](N)C(=O)N[C@@H](CCCCN)C(=O)N2CCC[C@H]2C(=O)N[C@@H](Cc2ccc(O)cc2)C(=O)N1)C(=O)O. The van der Waals surface area contributed by atoms with Crippen molar-refractivity contribution in [1.29, 1.82) is 0 Å². The molecule has 53 heavy (non-hydrogen) atoms. The fraction of sp³-hybridized carbons (Fsp3) is 0.611. The number of phenolic OH excluding ortho intramolecular Hbond substituents is 1. The zero-order valence-electron chi connectivity index (χ0n) is 30.5. The molecule has 17 heteroatoms. The molecule has 2 aliphatic heterocycles. The maximum atomic E-state index is 14.0. The van der Waals surface area contributed by atoms with E-state index in [0.29, 0.717) is 37.8 Å². The fourth-order valence-electron chi connectivity index (χ4n) is 6.03. The van der Waals surface area contributed by atoms with E-state index in [1.807, 2.05) is 13.8 Å². The Hall–Kier alpha value is -4.58. The molecule has 1 aromatic rings. The Morgan fingerprint density at radius 3 is 2.25 bits per heavy atom. The van der Waals surface area contributed by atoms with Crippen LogP contribution in [-0.4, -0.2) is 126 Å². The predicted molar refractivity (Wildman–Crippen MR) is 193 cm³/mol. The van der Waals surface area contributed by atoms with E-state index >= 15 is 0 Å². The number of nitrogens with two attached hydrogens (primary N) is 2. The molecule has 2 aliphatic rings. The third-order valence-corrected chi connectivity index (χ3v) is 8.88. The second-order valence-electron chi connectivity index (χ2n) is 13.7. The molecule has 2 heterocycles. The van der Waals surface area contributed by atoms with E-state index in [-0.39, 0.29) is 63.9 Å². The van der Waals surface area contributed by atoms with Gasteiger partial charge in [0.15, 0.2) is 0 Å². The predicted octanol–water partition coefficient (Wildman–Crippen LogP) is -0.945. The molecule has 6 atom stereocenters. The Bertz CT molecular complexity index is 1420. The van der Waals surface area contributed by atoms with Gasteiger partial charge < -0.3 is 57.3 Å². The van der Waals surface area contributed by atoms with Crippen LogP contribution in [0.3, 0.4) is 0 Å². The molecule has 1 saturated heterocycles. The molecule has 0 bridgehead atoms. The molecule has 3 rings (SSSR count). The van der Waals surface area contributed by atoms with Crippen LogP contribution in [0.15, 0.2) is 36.4 Å². The molecule has 0 aromatic heterocycles. The van der Waals surface area contributed by atoms with E-state index in [1.165, 1.54) is 17.0 Å². The van der Waals surface area contributed by atoms with Crippen LogP contribution in [0.25, 0.3) is 0 Å². The number of carbonyl (C=O) groups excluding carboxylic acids is 5. The minimum atomic E-state index is -1.36. The largest absolute Gasteiger partial charge is 0.508 e. The van der Waals surface area contributed by atoms with Crippen molar-refractivity contribution in [1.82, 2.24) is 26.2 Å². The molecule has 1 aromatic carbocycles. The van der Waals surface area contributed by atoms with Crippen LogP contribution < -0.4 is 32.7 Å². The third kappa shape index (κ3) is 14.1. The quantitative estimate of drug-likeness (QED) is 0.101. The minimum absolute atomic E-state index is 0.00722. The van der Waals surface area contributed by atoms with Crippen molar-refractivity contribution in [3.8, 4) is 5.75 Å². The number of fused-ring (bicyclic) bond motifs is 1. The molecular formula is C36H55N7O10. The summed E-state index contributed by atoms with van der Waals surface area (Å²) in [6.45, 7) is 3.81. The first-order valence-corrected chi connectivity index (χ1v) is 18.1. The number of unbranched alkanes of at least 4 members (excludes halogenated alkanes) is 1. The van der Waals surface area contributed by atoms with Crippen molar-refractivity contribution in [3.05, 3.63) is 42.0 Å². The number of aliphatic carboxylic acids is 1. The number of phenols is 1. The fourth-order valence-corrected chi connectivity index (χ4v) is 6.03. The number of carboxylic acids is 1.